The zero-order valence-corrected chi connectivity index (χ0v) is 7.84. The van der Waals surface area contributed by atoms with Crippen LogP contribution in [0.1, 0.15) is 5.76 Å². The molecule has 0 spiro atoms. The molecule has 84 valence electrons. The van der Waals surface area contributed by atoms with E-state index in [9.17, 15) is 18.0 Å². The third kappa shape index (κ3) is 1.73. The predicted molar refractivity (Wildman–Crippen MR) is 51.9 cm³/mol. The minimum absolute atomic E-state index is 0.0352. The number of nitrogen functional groups attached to an aromatic ring is 1. The van der Waals surface area contributed by atoms with Crippen molar-refractivity contribution in [2.75, 3.05) is 5.73 Å². The van der Waals surface area contributed by atoms with E-state index < -0.39 is 17.4 Å². The Morgan fingerprint density at radius 1 is 1.19 bits per heavy atom. The summed E-state index contributed by atoms with van der Waals surface area (Å²) in [5.74, 6) is -1.31. The molecule has 6 heteroatoms. The van der Waals surface area contributed by atoms with Crippen LogP contribution in [-0.2, 0) is 6.18 Å². The fourth-order valence-corrected chi connectivity index (χ4v) is 1.31. The van der Waals surface area contributed by atoms with Gasteiger partial charge in [-0.1, -0.05) is 0 Å². The molecule has 0 bridgehead atoms. The Morgan fingerprint density at radius 2 is 1.88 bits per heavy atom. The molecule has 0 amide bonds. The molecule has 0 radical (unpaired) electrons. The van der Waals surface area contributed by atoms with E-state index in [4.69, 9.17) is 5.73 Å². The third-order valence-corrected chi connectivity index (χ3v) is 2.03. The molecular formula is C10H6F3NO2. The third-order valence-electron chi connectivity index (χ3n) is 2.03. The number of fused-ring (bicyclic) bond motifs is 1. The van der Waals surface area contributed by atoms with Gasteiger partial charge in [-0.25, -0.2) is 0 Å². The highest BCUT2D eigenvalue weighted by Crippen LogP contribution is 2.30. The minimum atomic E-state index is -4.67. The van der Waals surface area contributed by atoms with E-state index in [1.165, 1.54) is 18.2 Å². The minimum Gasteiger partial charge on any atom is -0.451 e. The van der Waals surface area contributed by atoms with Crippen LogP contribution in [0.15, 0.2) is 33.5 Å². The Bertz CT molecular complexity index is 601. The van der Waals surface area contributed by atoms with E-state index in [0.717, 1.165) is 0 Å². The van der Waals surface area contributed by atoms with Crippen molar-refractivity contribution in [3.63, 3.8) is 0 Å². The lowest BCUT2D eigenvalue weighted by Crippen LogP contribution is -2.10. The van der Waals surface area contributed by atoms with Gasteiger partial charge in [0, 0.05) is 11.8 Å². The first-order valence-corrected chi connectivity index (χ1v) is 4.28. The molecule has 0 atom stereocenters. The molecule has 1 heterocycles. The molecule has 0 aliphatic rings. The van der Waals surface area contributed by atoms with Crippen LogP contribution in [0.5, 0.6) is 0 Å². The molecular weight excluding hydrogens is 223 g/mol. The lowest BCUT2D eigenvalue weighted by molar-refractivity contribution is -0.152. The van der Waals surface area contributed by atoms with E-state index in [0.29, 0.717) is 11.8 Å². The lowest BCUT2D eigenvalue weighted by atomic mass is 10.2. The van der Waals surface area contributed by atoms with Crippen LogP contribution in [0.2, 0.25) is 0 Å². The van der Waals surface area contributed by atoms with Crippen LogP contribution in [0, 0.1) is 0 Å². The van der Waals surface area contributed by atoms with E-state index in [2.05, 4.69) is 4.42 Å². The maximum Gasteiger partial charge on any atom is 0.449 e. The summed E-state index contributed by atoms with van der Waals surface area (Å²) in [7, 11) is 0. The fourth-order valence-electron chi connectivity index (χ4n) is 1.31. The summed E-state index contributed by atoms with van der Waals surface area (Å²) in [5.41, 5.74) is 4.81. The summed E-state index contributed by atoms with van der Waals surface area (Å²) in [6.07, 6.45) is -4.67. The quantitative estimate of drug-likeness (QED) is 0.705. The van der Waals surface area contributed by atoms with Crippen molar-refractivity contribution in [1.29, 1.82) is 0 Å². The van der Waals surface area contributed by atoms with Gasteiger partial charge >= 0.3 is 6.18 Å². The highest BCUT2D eigenvalue weighted by atomic mass is 19.4. The molecule has 0 fully saturated rings. The first-order chi connectivity index (χ1) is 7.38. The van der Waals surface area contributed by atoms with Crippen LogP contribution < -0.4 is 11.2 Å². The summed E-state index contributed by atoms with van der Waals surface area (Å²) >= 11 is 0. The summed E-state index contributed by atoms with van der Waals surface area (Å²) in [5, 5.41) is 0.0352. The molecule has 2 aromatic rings. The first-order valence-electron chi connectivity index (χ1n) is 4.28. The van der Waals surface area contributed by atoms with Crippen LogP contribution in [0.25, 0.3) is 11.0 Å². The molecule has 2 rings (SSSR count). The van der Waals surface area contributed by atoms with Crippen molar-refractivity contribution in [2.24, 2.45) is 0 Å². The largest absolute Gasteiger partial charge is 0.451 e. The first kappa shape index (κ1) is 10.5. The number of nitrogens with two attached hydrogens (primary N) is 1. The van der Waals surface area contributed by atoms with Crippen LogP contribution in [-0.4, -0.2) is 0 Å². The van der Waals surface area contributed by atoms with Gasteiger partial charge in [-0.3, -0.25) is 4.79 Å². The van der Waals surface area contributed by atoms with Gasteiger partial charge in [0.1, 0.15) is 5.58 Å². The summed E-state index contributed by atoms with van der Waals surface area (Å²) in [6, 6.07) is 4.30. The average molecular weight is 229 g/mol. The molecule has 0 saturated carbocycles. The van der Waals surface area contributed by atoms with Gasteiger partial charge in [0.2, 0.25) is 5.76 Å². The van der Waals surface area contributed by atoms with E-state index >= 15 is 0 Å². The predicted octanol–water partition coefficient (Wildman–Crippen LogP) is 2.39. The second kappa shape index (κ2) is 3.26. The summed E-state index contributed by atoms with van der Waals surface area (Å²) in [4.78, 5) is 11.4. The smallest absolute Gasteiger partial charge is 0.449 e. The molecule has 2 N–H and O–H groups in total. The van der Waals surface area contributed by atoms with Crippen LogP contribution in [0.4, 0.5) is 18.9 Å². The Morgan fingerprint density at radius 3 is 2.50 bits per heavy atom. The molecule has 0 aliphatic carbocycles. The van der Waals surface area contributed by atoms with Crippen molar-refractivity contribution in [3.8, 4) is 0 Å². The highest BCUT2D eigenvalue weighted by Gasteiger charge is 2.34. The monoisotopic (exact) mass is 229 g/mol. The van der Waals surface area contributed by atoms with Crippen molar-refractivity contribution >= 4 is 16.7 Å². The van der Waals surface area contributed by atoms with E-state index in [1.54, 1.807) is 0 Å². The van der Waals surface area contributed by atoms with E-state index in [-0.39, 0.29) is 11.0 Å². The molecule has 1 aromatic heterocycles. The molecule has 1 aromatic carbocycles. The van der Waals surface area contributed by atoms with Gasteiger partial charge in [0.15, 0.2) is 5.43 Å². The number of anilines is 1. The maximum atomic E-state index is 12.3. The average Bonchev–Trinajstić information content (AvgIpc) is 2.17. The second-order valence-electron chi connectivity index (χ2n) is 3.23. The number of halogens is 3. The maximum absolute atomic E-state index is 12.3. The van der Waals surface area contributed by atoms with Gasteiger partial charge in [-0.05, 0) is 18.2 Å². The molecule has 0 aliphatic heterocycles. The second-order valence-corrected chi connectivity index (χ2v) is 3.23. The Labute approximate surface area is 87.3 Å². The SMILES string of the molecule is Nc1ccc2oc(C(F)(F)F)cc(=O)c2c1. The topological polar surface area (TPSA) is 56.2 Å². The Balaban J connectivity index is 2.79. The fraction of sp³-hybridized carbons (Fsp3) is 0.100. The summed E-state index contributed by atoms with van der Waals surface area (Å²) in [6.45, 7) is 0. The molecule has 0 unspecified atom stereocenters. The van der Waals surface area contributed by atoms with Crippen molar-refractivity contribution in [3.05, 3.63) is 40.2 Å². The Kier molecular flexibility index (Phi) is 2.15. The molecule has 3 nitrogen and oxygen atoms in total. The number of alkyl halides is 3. The number of hydrogen-bond acceptors (Lipinski definition) is 3. The molecule has 16 heavy (non-hydrogen) atoms. The standard InChI is InChI=1S/C10H6F3NO2/c11-10(12,13)9-4-7(15)6-3-5(14)1-2-8(6)16-9/h1-4H,14H2. The van der Waals surface area contributed by atoms with Gasteiger partial charge in [-0.15, -0.1) is 0 Å². The zero-order chi connectivity index (χ0) is 11.9. The van der Waals surface area contributed by atoms with Gasteiger partial charge in [-0.2, -0.15) is 13.2 Å². The van der Waals surface area contributed by atoms with Crippen LogP contribution >= 0.6 is 0 Å². The van der Waals surface area contributed by atoms with Gasteiger partial charge in [0.25, 0.3) is 0 Å². The zero-order valence-electron chi connectivity index (χ0n) is 7.84. The van der Waals surface area contributed by atoms with Crippen molar-refractivity contribution < 1.29 is 17.6 Å². The summed E-state index contributed by atoms with van der Waals surface area (Å²) < 4.78 is 41.5. The van der Waals surface area contributed by atoms with E-state index in [1.807, 2.05) is 0 Å². The lowest BCUT2D eigenvalue weighted by Gasteiger charge is -2.06. The number of benzene rings is 1. The normalized spacial score (nSPS) is 11.9. The molecule has 0 saturated heterocycles. The number of hydrogen-bond donors (Lipinski definition) is 1. The van der Waals surface area contributed by atoms with Gasteiger partial charge in [0.05, 0.1) is 5.39 Å². The van der Waals surface area contributed by atoms with Crippen molar-refractivity contribution in [2.45, 2.75) is 6.18 Å². The van der Waals surface area contributed by atoms with Gasteiger partial charge < -0.3 is 10.2 Å². The Hall–Kier alpha value is -1.98. The highest BCUT2D eigenvalue weighted by molar-refractivity contribution is 5.80. The number of rotatable bonds is 0. The van der Waals surface area contributed by atoms with Crippen LogP contribution in [0.3, 0.4) is 0 Å². The van der Waals surface area contributed by atoms with Crippen molar-refractivity contribution in [1.82, 2.24) is 0 Å².